The number of hydrogen-bond donors (Lipinski definition) is 0. The van der Waals surface area contributed by atoms with Crippen molar-refractivity contribution in [3.8, 4) is 29.2 Å². The van der Waals surface area contributed by atoms with Crippen LogP contribution in [0.4, 0.5) is 4.39 Å². The SMILES string of the molecule is C#CCOc1ccccc1-c1cccc(F)c1. The smallest absolute Gasteiger partial charge is 0.148 e. The lowest BCUT2D eigenvalue weighted by atomic mass is 10.0. The van der Waals surface area contributed by atoms with Gasteiger partial charge in [0.25, 0.3) is 0 Å². The third-order valence-corrected chi connectivity index (χ3v) is 2.33. The summed E-state index contributed by atoms with van der Waals surface area (Å²) in [5.41, 5.74) is 1.61. The highest BCUT2D eigenvalue weighted by atomic mass is 19.1. The van der Waals surface area contributed by atoms with Gasteiger partial charge in [-0.15, -0.1) is 6.42 Å². The largest absolute Gasteiger partial charge is 0.480 e. The Morgan fingerprint density at radius 1 is 1.12 bits per heavy atom. The molecule has 2 aromatic carbocycles. The number of benzene rings is 2. The molecule has 17 heavy (non-hydrogen) atoms. The van der Waals surface area contributed by atoms with Gasteiger partial charge in [-0.25, -0.2) is 4.39 Å². The topological polar surface area (TPSA) is 9.23 Å². The molecular weight excluding hydrogens is 215 g/mol. The van der Waals surface area contributed by atoms with Gasteiger partial charge in [-0.05, 0) is 23.8 Å². The minimum Gasteiger partial charge on any atom is -0.480 e. The van der Waals surface area contributed by atoms with Gasteiger partial charge in [-0.3, -0.25) is 0 Å². The fourth-order valence-corrected chi connectivity index (χ4v) is 1.61. The molecule has 1 nitrogen and oxygen atoms in total. The lowest BCUT2D eigenvalue weighted by molar-refractivity contribution is 0.372. The lowest BCUT2D eigenvalue weighted by Gasteiger charge is -2.09. The van der Waals surface area contributed by atoms with Crippen molar-refractivity contribution >= 4 is 0 Å². The van der Waals surface area contributed by atoms with Crippen LogP contribution in [0.2, 0.25) is 0 Å². The number of halogens is 1. The summed E-state index contributed by atoms with van der Waals surface area (Å²) in [5.74, 6) is 2.80. The van der Waals surface area contributed by atoms with Crippen molar-refractivity contribution in [2.45, 2.75) is 0 Å². The highest BCUT2D eigenvalue weighted by Crippen LogP contribution is 2.29. The van der Waals surface area contributed by atoms with Gasteiger partial charge in [0, 0.05) is 5.56 Å². The highest BCUT2D eigenvalue weighted by Gasteiger charge is 2.05. The molecule has 0 amide bonds. The fraction of sp³-hybridized carbons (Fsp3) is 0.0667. The van der Waals surface area contributed by atoms with Gasteiger partial charge in [0.05, 0.1) is 0 Å². The molecule has 0 aromatic heterocycles. The maximum absolute atomic E-state index is 13.2. The molecule has 0 bridgehead atoms. The van der Waals surface area contributed by atoms with Crippen molar-refractivity contribution in [1.82, 2.24) is 0 Å². The summed E-state index contributed by atoms with van der Waals surface area (Å²) in [6.45, 7) is 0.201. The average Bonchev–Trinajstić information content (AvgIpc) is 2.37. The van der Waals surface area contributed by atoms with E-state index in [0.29, 0.717) is 5.75 Å². The van der Waals surface area contributed by atoms with Crippen LogP contribution in [-0.4, -0.2) is 6.61 Å². The first-order valence-corrected chi connectivity index (χ1v) is 5.22. The Balaban J connectivity index is 2.41. The summed E-state index contributed by atoms with van der Waals surface area (Å²) < 4.78 is 18.6. The molecule has 2 aromatic rings. The number of para-hydroxylation sites is 1. The van der Waals surface area contributed by atoms with Crippen molar-refractivity contribution < 1.29 is 9.13 Å². The summed E-state index contributed by atoms with van der Waals surface area (Å²) >= 11 is 0. The molecule has 0 spiro atoms. The van der Waals surface area contributed by atoms with Crippen LogP contribution in [0, 0.1) is 18.2 Å². The number of hydrogen-bond acceptors (Lipinski definition) is 1. The second kappa shape index (κ2) is 5.18. The van der Waals surface area contributed by atoms with Crippen LogP contribution < -0.4 is 4.74 Å². The Hall–Kier alpha value is -2.27. The molecule has 0 heterocycles. The zero-order valence-corrected chi connectivity index (χ0v) is 9.19. The van der Waals surface area contributed by atoms with E-state index in [4.69, 9.17) is 11.2 Å². The average molecular weight is 226 g/mol. The van der Waals surface area contributed by atoms with E-state index in [1.807, 2.05) is 30.3 Å². The molecule has 84 valence electrons. The minimum atomic E-state index is -0.269. The van der Waals surface area contributed by atoms with Crippen molar-refractivity contribution in [3.63, 3.8) is 0 Å². The monoisotopic (exact) mass is 226 g/mol. The van der Waals surface area contributed by atoms with Gasteiger partial charge in [-0.1, -0.05) is 36.3 Å². The number of ether oxygens (including phenoxy) is 1. The van der Waals surface area contributed by atoms with Crippen LogP contribution in [-0.2, 0) is 0 Å². The minimum absolute atomic E-state index is 0.201. The Bertz CT molecular complexity index is 555. The molecule has 0 radical (unpaired) electrons. The second-order valence-corrected chi connectivity index (χ2v) is 3.50. The molecule has 2 heteroatoms. The molecule has 0 aliphatic heterocycles. The Morgan fingerprint density at radius 2 is 1.94 bits per heavy atom. The molecule has 0 saturated carbocycles. The Labute approximate surface area is 99.9 Å². The zero-order chi connectivity index (χ0) is 12.1. The van der Waals surface area contributed by atoms with Crippen molar-refractivity contribution in [1.29, 1.82) is 0 Å². The van der Waals surface area contributed by atoms with E-state index in [1.54, 1.807) is 6.07 Å². The first kappa shape index (κ1) is 11.2. The predicted octanol–water partition coefficient (Wildman–Crippen LogP) is 3.50. The molecule has 0 unspecified atom stereocenters. The molecule has 0 atom stereocenters. The van der Waals surface area contributed by atoms with E-state index in [0.717, 1.165) is 11.1 Å². The molecule has 0 N–H and O–H groups in total. The number of terminal acetylenes is 1. The van der Waals surface area contributed by atoms with Crippen molar-refractivity contribution in [3.05, 3.63) is 54.3 Å². The van der Waals surface area contributed by atoms with Gasteiger partial charge in [-0.2, -0.15) is 0 Å². The number of rotatable bonds is 3. The van der Waals surface area contributed by atoms with Gasteiger partial charge in [0.1, 0.15) is 18.2 Å². The molecular formula is C15H11FO. The predicted molar refractivity (Wildman–Crippen MR) is 66.2 cm³/mol. The summed E-state index contributed by atoms with van der Waals surface area (Å²) in [7, 11) is 0. The standard InChI is InChI=1S/C15H11FO/c1-2-10-17-15-9-4-3-8-14(15)12-6-5-7-13(16)11-12/h1,3-9,11H,10H2. The van der Waals surface area contributed by atoms with Gasteiger partial charge < -0.3 is 4.74 Å². The molecule has 0 aliphatic rings. The van der Waals surface area contributed by atoms with E-state index in [2.05, 4.69) is 5.92 Å². The molecule has 0 aliphatic carbocycles. The summed E-state index contributed by atoms with van der Waals surface area (Å²) in [6.07, 6.45) is 5.15. The lowest BCUT2D eigenvalue weighted by Crippen LogP contribution is -1.95. The third-order valence-electron chi connectivity index (χ3n) is 2.33. The van der Waals surface area contributed by atoms with Crippen molar-refractivity contribution in [2.75, 3.05) is 6.61 Å². The fourth-order valence-electron chi connectivity index (χ4n) is 1.61. The van der Waals surface area contributed by atoms with Crippen LogP contribution in [0.25, 0.3) is 11.1 Å². The van der Waals surface area contributed by atoms with E-state index < -0.39 is 0 Å². The first-order chi connectivity index (χ1) is 8.31. The summed E-state index contributed by atoms with van der Waals surface area (Å²) in [5, 5.41) is 0. The second-order valence-electron chi connectivity index (χ2n) is 3.50. The van der Waals surface area contributed by atoms with Crippen LogP contribution in [0.15, 0.2) is 48.5 Å². The Kier molecular flexibility index (Phi) is 3.42. The third kappa shape index (κ3) is 2.64. The zero-order valence-electron chi connectivity index (χ0n) is 9.19. The van der Waals surface area contributed by atoms with Crippen LogP contribution in [0.1, 0.15) is 0 Å². The van der Waals surface area contributed by atoms with E-state index in [9.17, 15) is 4.39 Å². The molecule has 0 saturated heterocycles. The Morgan fingerprint density at radius 3 is 2.71 bits per heavy atom. The van der Waals surface area contributed by atoms with Gasteiger partial charge in [0.15, 0.2) is 0 Å². The first-order valence-electron chi connectivity index (χ1n) is 5.22. The van der Waals surface area contributed by atoms with E-state index >= 15 is 0 Å². The van der Waals surface area contributed by atoms with Gasteiger partial charge >= 0.3 is 0 Å². The van der Waals surface area contributed by atoms with Crippen LogP contribution in [0.5, 0.6) is 5.75 Å². The quantitative estimate of drug-likeness (QED) is 0.728. The highest BCUT2D eigenvalue weighted by molar-refractivity contribution is 5.70. The van der Waals surface area contributed by atoms with E-state index in [-0.39, 0.29) is 12.4 Å². The summed E-state index contributed by atoms with van der Waals surface area (Å²) in [4.78, 5) is 0. The summed E-state index contributed by atoms with van der Waals surface area (Å²) in [6, 6.07) is 13.8. The maximum atomic E-state index is 13.2. The molecule has 2 rings (SSSR count). The van der Waals surface area contributed by atoms with E-state index in [1.165, 1.54) is 12.1 Å². The maximum Gasteiger partial charge on any atom is 0.148 e. The van der Waals surface area contributed by atoms with Crippen molar-refractivity contribution in [2.24, 2.45) is 0 Å². The normalized spacial score (nSPS) is 9.65. The molecule has 0 fully saturated rings. The van der Waals surface area contributed by atoms with Crippen LogP contribution in [0.3, 0.4) is 0 Å². The van der Waals surface area contributed by atoms with Crippen LogP contribution >= 0.6 is 0 Å². The van der Waals surface area contributed by atoms with Gasteiger partial charge in [0.2, 0.25) is 0 Å².